The SMILES string of the molecule is CC(C)C[C@@H](CO)NC(=O)[C@H](Cc1cnc[nH]1)NC(=O)[C@H](Cc1ccccc1)NC(=O)OCc1ccccc1. The van der Waals surface area contributed by atoms with E-state index in [0.29, 0.717) is 12.1 Å². The van der Waals surface area contributed by atoms with Crippen LogP contribution in [0.4, 0.5) is 4.79 Å². The summed E-state index contributed by atoms with van der Waals surface area (Å²) in [6.07, 6.45) is 3.24. The van der Waals surface area contributed by atoms with Gasteiger partial charge in [0.05, 0.1) is 19.0 Å². The van der Waals surface area contributed by atoms with E-state index in [0.717, 1.165) is 11.1 Å². The zero-order chi connectivity index (χ0) is 28.0. The Bertz CT molecular complexity index is 1160. The summed E-state index contributed by atoms with van der Waals surface area (Å²) in [6, 6.07) is 16.0. The molecule has 0 aliphatic heterocycles. The summed E-state index contributed by atoms with van der Waals surface area (Å²) in [5.74, 6) is -0.730. The number of carbonyl (C=O) groups is 3. The fraction of sp³-hybridized carbons (Fsp3) is 0.379. The van der Waals surface area contributed by atoms with Crippen molar-refractivity contribution in [2.75, 3.05) is 6.61 Å². The molecule has 10 nitrogen and oxygen atoms in total. The molecule has 3 amide bonds. The minimum Gasteiger partial charge on any atom is -0.445 e. The number of aliphatic hydroxyl groups is 1. The highest BCUT2D eigenvalue weighted by Crippen LogP contribution is 2.09. The number of nitrogens with one attached hydrogen (secondary N) is 4. The number of nitrogens with zero attached hydrogens (tertiary/aromatic N) is 1. The van der Waals surface area contributed by atoms with Crippen LogP contribution in [0, 0.1) is 5.92 Å². The minimum atomic E-state index is -1.00. The molecule has 208 valence electrons. The highest BCUT2D eigenvalue weighted by molar-refractivity contribution is 5.91. The molecule has 0 unspecified atom stereocenters. The third-order valence-corrected chi connectivity index (χ3v) is 6.04. The van der Waals surface area contributed by atoms with Crippen molar-refractivity contribution in [3.63, 3.8) is 0 Å². The van der Waals surface area contributed by atoms with Crippen molar-refractivity contribution in [1.82, 2.24) is 25.9 Å². The van der Waals surface area contributed by atoms with E-state index in [1.54, 1.807) is 6.20 Å². The first-order valence-corrected chi connectivity index (χ1v) is 13.0. The Morgan fingerprint density at radius 3 is 2.08 bits per heavy atom. The average molecular weight is 536 g/mol. The second kappa shape index (κ2) is 15.3. The number of aromatic nitrogens is 2. The lowest BCUT2D eigenvalue weighted by atomic mass is 10.0. The Morgan fingerprint density at radius 1 is 0.872 bits per heavy atom. The van der Waals surface area contributed by atoms with E-state index in [1.807, 2.05) is 74.5 Å². The van der Waals surface area contributed by atoms with Crippen molar-refractivity contribution in [3.8, 4) is 0 Å². The second-order valence-corrected chi connectivity index (χ2v) is 9.81. The standard InChI is InChI=1S/C29H37N5O5/c1-20(2)13-24(17-35)32-27(36)26(15-23-16-30-19-31-23)33-28(37)25(14-21-9-5-3-6-10-21)34-29(38)39-18-22-11-7-4-8-12-22/h3-12,16,19-20,24-26,35H,13-15,17-18H2,1-2H3,(H,30,31)(H,32,36)(H,33,37)(H,34,38)/t24-,25-,26-/m0/s1. The van der Waals surface area contributed by atoms with Gasteiger partial charge in [0.1, 0.15) is 18.7 Å². The van der Waals surface area contributed by atoms with Crippen LogP contribution in [-0.2, 0) is 33.8 Å². The summed E-state index contributed by atoms with van der Waals surface area (Å²) in [5.41, 5.74) is 2.29. The quantitative estimate of drug-likeness (QED) is 0.214. The predicted octanol–water partition coefficient (Wildman–Crippen LogP) is 2.50. The number of benzene rings is 2. The summed E-state index contributed by atoms with van der Waals surface area (Å²) in [4.78, 5) is 46.3. The number of rotatable bonds is 14. The molecule has 0 bridgehead atoms. The van der Waals surface area contributed by atoms with Gasteiger partial charge < -0.3 is 30.8 Å². The molecule has 0 radical (unpaired) electrons. The molecule has 10 heteroatoms. The number of carbonyl (C=O) groups excluding carboxylic acids is 3. The van der Waals surface area contributed by atoms with Crippen LogP contribution in [-0.4, -0.2) is 57.7 Å². The van der Waals surface area contributed by atoms with Crippen LogP contribution in [0.5, 0.6) is 0 Å². The maximum Gasteiger partial charge on any atom is 0.408 e. The summed E-state index contributed by atoms with van der Waals surface area (Å²) < 4.78 is 5.34. The lowest BCUT2D eigenvalue weighted by molar-refractivity contribution is -0.130. The van der Waals surface area contributed by atoms with E-state index in [4.69, 9.17) is 4.74 Å². The molecule has 0 saturated heterocycles. The number of hydrogen-bond acceptors (Lipinski definition) is 6. The van der Waals surface area contributed by atoms with Crippen LogP contribution in [0.3, 0.4) is 0 Å². The van der Waals surface area contributed by atoms with E-state index in [2.05, 4.69) is 25.9 Å². The fourth-order valence-corrected chi connectivity index (χ4v) is 4.11. The van der Waals surface area contributed by atoms with Crippen molar-refractivity contribution >= 4 is 17.9 Å². The molecule has 3 atom stereocenters. The van der Waals surface area contributed by atoms with Crippen molar-refractivity contribution in [2.24, 2.45) is 5.92 Å². The molecule has 0 fully saturated rings. The number of hydrogen-bond donors (Lipinski definition) is 5. The monoisotopic (exact) mass is 535 g/mol. The van der Waals surface area contributed by atoms with Crippen LogP contribution < -0.4 is 16.0 Å². The molecule has 3 aromatic rings. The first kappa shape index (κ1) is 29.4. The van der Waals surface area contributed by atoms with Crippen LogP contribution in [0.25, 0.3) is 0 Å². The first-order valence-electron chi connectivity index (χ1n) is 13.0. The molecule has 3 rings (SSSR count). The second-order valence-electron chi connectivity index (χ2n) is 9.81. The molecule has 0 spiro atoms. The van der Waals surface area contributed by atoms with Gasteiger partial charge in [-0.05, 0) is 23.5 Å². The molecule has 39 heavy (non-hydrogen) atoms. The maximum atomic E-state index is 13.5. The first-order chi connectivity index (χ1) is 18.8. The summed E-state index contributed by atoms with van der Waals surface area (Å²) >= 11 is 0. The van der Waals surface area contributed by atoms with Crippen molar-refractivity contribution in [3.05, 3.63) is 90.0 Å². The van der Waals surface area contributed by atoms with E-state index < -0.39 is 36.0 Å². The third-order valence-electron chi connectivity index (χ3n) is 6.04. The Hall–Kier alpha value is -4.18. The summed E-state index contributed by atoms with van der Waals surface area (Å²) in [5, 5.41) is 18.0. The van der Waals surface area contributed by atoms with Gasteiger partial charge in [0.15, 0.2) is 0 Å². The van der Waals surface area contributed by atoms with Gasteiger partial charge in [0, 0.05) is 24.7 Å². The Labute approximate surface area is 228 Å². The van der Waals surface area contributed by atoms with Crippen molar-refractivity contribution < 1.29 is 24.2 Å². The van der Waals surface area contributed by atoms with E-state index in [9.17, 15) is 19.5 Å². The Morgan fingerprint density at radius 2 is 1.49 bits per heavy atom. The zero-order valence-electron chi connectivity index (χ0n) is 22.3. The van der Waals surface area contributed by atoms with Crippen LogP contribution in [0.1, 0.15) is 37.1 Å². The smallest absolute Gasteiger partial charge is 0.408 e. The van der Waals surface area contributed by atoms with Crippen LogP contribution in [0.15, 0.2) is 73.2 Å². The summed E-state index contributed by atoms with van der Waals surface area (Å²) in [6.45, 7) is 3.82. The molecule has 2 aromatic carbocycles. The highest BCUT2D eigenvalue weighted by Gasteiger charge is 2.29. The fourth-order valence-electron chi connectivity index (χ4n) is 4.11. The number of aliphatic hydroxyl groups excluding tert-OH is 1. The van der Waals surface area contributed by atoms with Gasteiger partial charge in [-0.15, -0.1) is 0 Å². The molecular formula is C29H37N5O5. The van der Waals surface area contributed by atoms with E-state index >= 15 is 0 Å². The molecule has 0 aliphatic rings. The van der Waals surface area contributed by atoms with Gasteiger partial charge in [-0.25, -0.2) is 9.78 Å². The van der Waals surface area contributed by atoms with E-state index in [-0.39, 0.29) is 32.0 Å². The minimum absolute atomic E-state index is 0.0512. The number of ether oxygens (including phenoxy) is 1. The Balaban J connectivity index is 1.73. The molecule has 1 heterocycles. The zero-order valence-corrected chi connectivity index (χ0v) is 22.3. The lowest BCUT2D eigenvalue weighted by Crippen LogP contribution is -2.56. The normalized spacial score (nSPS) is 13.2. The average Bonchev–Trinajstić information content (AvgIpc) is 3.45. The maximum absolute atomic E-state index is 13.5. The number of H-pyrrole nitrogens is 1. The number of aromatic amines is 1. The van der Waals surface area contributed by atoms with Gasteiger partial charge >= 0.3 is 6.09 Å². The molecule has 1 aromatic heterocycles. The number of alkyl carbamates (subject to hydrolysis) is 1. The molecule has 0 aliphatic carbocycles. The van der Waals surface area contributed by atoms with E-state index in [1.165, 1.54) is 6.33 Å². The Kier molecular flexibility index (Phi) is 11.5. The molecule has 5 N–H and O–H groups in total. The van der Waals surface area contributed by atoms with Crippen LogP contribution >= 0.6 is 0 Å². The number of amides is 3. The molecule has 0 saturated carbocycles. The largest absolute Gasteiger partial charge is 0.445 e. The van der Waals surface area contributed by atoms with Crippen molar-refractivity contribution in [2.45, 2.75) is 57.8 Å². The van der Waals surface area contributed by atoms with Gasteiger partial charge in [-0.3, -0.25) is 9.59 Å². The topological polar surface area (TPSA) is 145 Å². The van der Waals surface area contributed by atoms with Gasteiger partial charge in [0.25, 0.3) is 0 Å². The predicted molar refractivity (Wildman–Crippen MR) is 146 cm³/mol. The van der Waals surface area contributed by atoms with Crippen molar-refractivity contribution in [1.29, 1.82) is 0 Å². The summed E-state index contributed by atoms with van der Waals surface area (Å²) in [7, 11) is 0. The van der Waals surface area contributed by atoms with Gasteiger partial charge in [-0.2, -0.15) is 0 Å². The third kappa shape index (κ3) is 10.2. The molecular weight excluding hydrogens is 498 g/mol. The van der Waals surface area contributed by atoms with Gasteiger partial charge in [0.2, 0.25) is 11.8 Å². The highest BCUT2D eigenvalue weighted by atomic mass is 16.5. The van der Waals surface area contributed by atoms with Gasteiger partial charge in [-0.1, -0.05) is 74.5 Å². The lowest BCUT2D eigenvalue weighted by Gasteiger charge is -2.25. The number of imidazole rings is 1. The van der Waals surface area contributed by atoms with Crippen LogP contribution in [0.2, 0.25) is 0 Å².